The first-order valence-electron chi connectivity index (χ1n) is 7.42. The number of carboxylic acids is 1. The number of hydrogen-bond acceptors (Lipinski definition) is 4. The predicted octanol–water partition coefficient (Wildman–Crippen LogP) is 2.21. The van der Waals surface area contributed by atoms with Gasteiger partial charge in [0.1, 0.15) is 17.7 Å². The van der Waals surface area contributed by atoms with Crippen molar-refractivity contribution < 1.29 is 14.7 Å². The molecule has 1 atom stereocenters. The number of carbonyl (C=O) groups excluding carboxylic acids is 1. The molecule has 0 unspecified atom stereocenters. The molecule has 0 saturated heterocycles. The van der Waals surface area contributed by atoms with Gasteiger partial charge in [0.05, 0.1) is 17.8 Å². The molecular weight excluding hydrogens is 308 g/mol. The fourth-order valence-electron chi connectivity index (χ4n) is 2.67. The van der Waals surface area contributed by atoms with Crippen molar-refractivity contribution in [2.45, 2.75) is 19.4 Å². The zero-order valence-corrected chi connectivity index (χ0v) is 13.0. The Bertz CT molecular complexity index is 903. The van der Waals surface area contributed by atoms with Gasteiger partial charge in [0.2, 0.25) is 0 Å². The number of H-pyrrole nitrogens is 1. The normalized spacial score (nSPS) is 12.0. The Balaban J connectivity index is 1.93. The number of carbonyl (C=O) groups is 2. The molecule has 1 aromatic carbocycles. The highest BCUT2D eigenvalue weighted by atomic mass is 16.4. The molecule has 0 aliphatic rings. The third-order valence-electron chi connectivity index (χ3n) is 3.82. The Morgan fingerprint density at radius 3 is 2.79 bits per heavy atom. The van der Waals surface area contributed by atoms with Crippen LogP contribution >= 0.6 is 0 Å². The predicted molar refractivity (Wildman–Crippen MR) is 87.5 cm³/mol. The molecule has 3 N–H and O–H groups in total. The minimum Gasteiger partial charge on any atom is -0.481 e. The first kappa shape index (κ1) is 15.7. The standard InChI is InChI=1S/C17H16N4O3/c1-10-4-2-3-5-11(10)13(8-14(22)23)21-17(24)15-12-6-7-18-16(12)20-9-19-15/h2-7,9,13H,8H2,1H3,(H,21,24)(H,22,23)(H,18,19,20)/t13-/m0/s1. The molecule has 0 aliphatic carbocycles. The van der Waals surface area contributed by atoms with Crippen LogP contribution in [0, 0.1) is 6.92 Å². The van der Waals surface area contributed by atoms with E-state index < -0.39 is 17.9 Å². The van der Waals surface area contributed by atoms with Crippen LogP contribution in [0.3, 0.4) is 0 Å². The van der Waals surface area contributed by atoms with Crippen LogP contribution in [0.1, 0.15) is 34.1 Å². The average molecular weight is 324 g/mol. The first-order valence-corrected chi connectivity index (χ1v) is 7.42. The summed E-state index contributed by atoms with van der Waals surface area (Å²) in [7, 11) is 0. The highest BCUT2D eigenvalue weighted by molar-refractivity contribution is 6.03. The lowest BCUT2D eigenvalue weighted by atomic mass is 9.98. The van der Waals surface area contributed by atoms with E-state index in [2.05, 4.69) is 20.3 Å². The molecule has 0 aliphatic heterocycles. The van der Waals surface area contributed by atoms with E-state index in [1.807, 2.05) is 31.2 Å². The van der Waals surface area contributed by atoms with Gasteiger partial charge in [0.15, 0.2) is 0 Å². The maximum atomic E-state index is 12.6. The second-order valence-corrected chi connectivity index (χ2v) is 5.44. The van der Waals surface area contributed by atoms with Crippen LogP contribution in [0.15, 0.2) is 42.9 Å². The van der Waals surface area contributed by atoms with E-state index in [4.69, 9.17) is 0 Å². The highest BCUT2D eigenvalue weighted by Gasteiger charge is 2.22. The topological polar surface area (TPSA) is 108 Å². The van der Waals surface area contributed by atoms with E-state index in [9.17, 15) is 14.7 Å². The number of benzene rings is 1. The number of rotatable bonds is 5. The molecule has 0 spiro atoms. The molecule has 3 aromatic rings. The number of aromatic nitrogens is 3. The van der Waals surface area contributed by atoms with Crippen molar-refractivity contribution in [2.75, 3.05) is 0 Å². The maximum absolute atomic E-state index is 12.6. The number of nitrogens with zero attached hydrogens (tertiary/aromatic N) is 2. The van der Waals surface area contributed by atoms with Gasteiger partial charge in [-0.05, 0) is 24.1 Å². The summed E-state index contributed by atoms with van der Waals surface area (Å²) in [5.74, 6) is -1.42. The van der Waals surface area contributed by atoms with E-state index in [0.29, 0.717) is 11.0 Å². The van der Waals surface area contributed by atoms with Gasteiger partial charge >= 0.3 is 5.97 Å². The van der Waals surface area contributed by atoms with Crippen molar-refractivity contribution >= 4 is 22.9 Å². The van der Waals surface area contributed by atoms with Gasteiger partial charge in [-0.1, -0.05) is 24.3 Å². The van der Waals surface area contributed by atoms with E-state index in [0.717, 1.165) is 11.1 Å². The van der Waals surface area contributed by atoms with Crippen LogP contribution in [-0.2, 0) is 4.79 Å². The van der Waals surface area contributed by atoms with Crippen LogP contribution in [0.5, 0.6) is 0 Å². The molecule has 7 nitrogen and oxygen atoms in total. The second-order valence-electron chi connectivity index (χ2n) is 5.44. The molecule has 0 fully saturated rings. The molecule has 0 saturated carbocycles. The van der Waals surface area contributed by atoms with E-state index in [-0.39, 0.29) is 12.1 Å². The van der Waals surface area contributed by atoms with E-state index in [1.165, 1.54) is 6.33 Å². The Morgan fingerprint density at radius 2 is 2.04 bits per heavy atom. The largest absolute Gasteiger partial charge is 0.481 e. The fraction of sp³-hybridized carbons (Fsp3) is 0.176. The summed E-state index contributed by atoms with van der Waals surface area (Å²) in [6, 6.07) is 8.45. The summed E-state index contributed by atoms with van der Waals surface area (Å²) in [4.78, 5) is 34.8. The summed E-state index contributed by atoms with van der Waals surface area (Å²) in [5, 5.41) is 12.5. The molecule has 24 heavy (non-hydrogen) atoms. The summed E-state index contributed by atoms with van der Waals surface area (Å²) < 4.78 is 0. The summed E-state index contributed by atoms with van der Waals surface area (Å²) in [6.45, 7) is 1.88. The lowest BCUT2D eigenvalue weighted by Crippen LogP contribution is -2.31. The molecular formula is C17H16N4O3. The number of amides is 1. The SMILES string of the molecule is Cc1ccccc1[C@H](CC(=O)O)NC(=O)c1ncnc2[nH]ccc12. The Morgan fingerprint density at radius 1 is 1.25 bits per heavy atom. The van der Waals surface area contributed by atoms with Gasteiger partial charge in [0, 0.05) is 6.20 Å². The van der Waals surface area contributed by atoms with Crippen LogP contribution in [0.4, 0.5) is 0 Å². The maximum Gasteiger partial charge on any atom is 0.305 e. The molecule has 3 rings (SSSR count). The van der Waals surface area contributed by atoms with Gasteiger partial charge in [-0.25, -0.2) is 9.97 Å². The number of hydrogen-bond donors (Lipinski definition) is 3. The number of aryl methyl sites for hydroxylation is 1. The number of aromatic amines is 1. The van der Waals surface area contributed by atoms with Crippen molar-refractivity contribution in [1.29, 1.82) is 0 Å². The van der Waals surface area contributed by atoms with Crippen LogP contribution < -0.4 is 5.32 Å². The molecule has 2 aromatic heterocycles. The summed E-state index contributed by atoms with van der Waals surface area (Å²) in [5.41, 5.74) is 2.46. The zero-order chi connectivity index (χ0) is 17.1. The van der Waals surface area contributed by atoms with Gasteiger partial charge in [-0.15, -0.1) is 0 Å². The highest BCUT2D eigenvalue weighted by Crippen LogP contribution is 2.22. The smallest absolute Gasteiger partial charge is 0.305 e. The second kappa shape index (κ2) is 6.49. The zero-order valence-electron chi connectivity index (χ0n) is 13.0. The minimum absolute atomic E-state index is 0.210. The number of carboxylic acid groups (broad SMARTS) is 1. The monoisotopic (exact) mass is 324 g/mol. The molecule has 0 radical (unpaired) electrons. The molecule has 122 valence electrons. The van der Waals surface area contributed by atoms with Gasteiger partial charge in [0.25, 0.3) is 5.91 Å². The summed E-state index contributed by atoms with van der Waals surface area (Å²) >= 11 is 0. The van der Waals surface area contributed by atoms with Crippen molar-refractivity contribution in [3.63, 3.8) is 0 Å². The Labute approximate surface area is 137 Å². The van der Waals surface area contributed by atoms with E-state index in [1.54, 1.807) is 12.3 Å². The van der Waals surface area contributed by atoms with Gasteiger partial charge in [-0.3, -0.25) is 9.59 Å². The lowest BCUT2D eigenvalue weighted by molar-refractivity contribution is -0.137. The number of aliphatic carboxylic acids is 1. The van der Waals surface area contributed by atoms with Crippen LogP contribution in [-0.4, -0.2) is 31.9 Å². The third kappa shape index (κ3) is 3.10. The minimum atomic E-state index is -0.988. The Kier molecular flexibility index (Phi) is 4.24. The quantitative estimate of drug-likeness (QED) is 0.667. The van der Waals surface area contributed by atoms with Crippen LogP contribution in [0.2, 0.25) is 0 Å². The Hall–Kier alpha value is -3.22. The lowest BCUT2D eigenvalue weighted by Gasteiger charge is -2.19. The number of nitrogens with one attached hydrogen (secondary N) is 2. The summed E-state index contributed by atoms with van der Waals surface area (Å²) in [6.07, 6.45) is 2.76. The van der Waals surface area contributed by atoms with Crippen molar-refractivity contribution in [2.24, 2.45) is 0 Å². The van der Waals surface area contributed by atoms with Crippen LogP contribution in [0.25, 0.3) is 11.0 Å². The average Bonchev–Trinajstić information content (AvgIpc) is 3.02. The van der Waals surface area contributed by atoms with Crippen molar-refractivity contribution in [3.05, 3.63) is 59.7 Å². The van der Waals surface area contributed by atoms with Crippen molar-refractivity contribution in [1.82, 2.24) is 20.3 Å². The molecule has 1 amide bonds. The van der Waals surface area contributed by atoms with Crippen molar-refractivity contribution in [3.8, 4) is 0 Å². The third-order valence-corrected chi connectivity index (χ3v) is 3.82. The van der Waals surface area contributed by atoms with Gasteiger partial charge < -0.3 is 15.4 Å². The fourth-order valence-corrected chi connectivity index (χ4v) is 2.67. The van der Waals surface area contributed by atoms with Gasteiger partial charge in [-0.2, -0.15) is 0 Å². The number of fused-ring (bicyclic) bond motifs is 1. The molecule has 0 bridgehead atoms. The van der Waals surface area contributed by atoms with E-state index >= 15 is 0 Å². The first-order chi connectivity index (χ1) is 11.6. The molecule has 7 heteroatoms. The molecule has 2 heterocycles.